The van der Waals surface area contributed by atoms with Crippen molar-refractivity contribution in [3.63, 3.8) is 0 Å². The highest BCUT2D eigenvalue weighted by molar-refractivity contribution is 5.66. The van der Waals surface area contributed by atoms with Crippen molar-refractivity contribution in [2.45, 2.75) is 95.3 Å². The van der Waals surface area contributed by atoms with Crippen LogP contribution in [-0.4, -0.2) is 12.3 Å². The molecule has 0 aliphatic heterocycles. The zero-order valence-corrected chi connectivity index (χ0v) is 22.0. The first kappa shape index (κ1) is 30.7. The first-order valence-corrected chi connectivity index (χ1v) is 13.8. The van der Waals surface area contributed by atoms with Crippen LogP contribution in [0.5, 0.6) is 0 Å². The van der Waals surface area contributed by atoms with Gasteiger partial charge in [0.2, 0.25) is 0 Å². The van der Waals surface area contributed by atoms with Gasteiger partial charge in [0.1, 0.15) is 23.3 Å². The van der Waals surface area contributed by atoms with Crippen molar-refractivity contribution in [2.24, 2.45) is 17.8 Å². The van der Waals surface area contributed by atoms with E-state index in [1.54, 1.807) is 0 Å². The number of benzene rings is 2. The summed E-state index contributed by atoms with van der Waals surface area (Å²) in [5.41, 5.74) is -3.84. The van der Waals surface area contributed by atoms with Crippen LogP contribution in [0.4, 0.5) is 43.9 Å². The van der Waals surface area contributed by atoms with Crippen LogP contribution in [0.25, 0.3) is 11.1 Å². The van der Waals surface area contributed by atoms with Crippen molar-refractivity contribution in [3.05, 3.63) is 58.7 Å². The summed E-state index contributed by atoms with van der Waals surface area (Å²) >= 11 is 0. The Morgan fingerprint density at radius 1 is 0.700 bits per heavy atom. The van der Waals surface area contributed by atoms with Gasteiger partial charge in [0, 0.05) is 0 Å². The fourth-order valence-corrected chi connectivity index (χ4v) is 6.75. The molecule has 2 aliphatic carbocycles. The zero-order chi connectivity index (χ0) is 29.4. The number of halogens is 10. The van der Waals surface area contributed by atoms with E-state index in [2.05, 4.69) is 6.92 Å². The third-order valence-electron chi connectivity index (χ3n) is 8.83. The van der Waals surface area contributed by atoms with E-state index in [0.29, 0.717) is 17.4 Å². The van der Waals surface area contributed by atoms with Crippen LogP contribution in [-0.2, 0) is 5.92 Å². The lowest BCUT2D eigenvalue weighted by atomic mass is 9.68. The van der Waals surface area contributed by atoms with E-state index < -0.39 is 58.2 Å². The van der Waals surface area contributed by atoms with E-state index in [0.717, 1.165) is 43.7 Å². The Morgan fingerprint density at radius 2 is 1.18 bits per heavy atom. The van der Waals surface area contributed by atoms with E-state index in [1.165, 1.54) is 38.5 Å². The summed E-state index contributed by atoms with van der Waals surface area (Å²) in [4.78, 5) is 0. The Kier molecular flexibility index (Phi) is 9.15. The Hall–Kier alpha value is -2.26. The quantitative estimate of drug-likeness (QED) is 0.285. The third-order valence-corrected chi connectivity index (χ3v) is 8.83. The highest BCUT2D eigenvalue weighted by Gasteiger charge is 2.59. The highest BCUT2D eigenvalue weighted by Crippen LogP contribution is 2.47. The van der Waals surface area contributed by atoms with Gasteiger partial charge in [-0.05, 0) is 97.6 Å². The van der Waals surface area contributed by atoms with Gasteiger partial charge in [-0.25, -0.2) is 22.0 Å². The van der Waals surface area contributed by atoms with Crippen LogP contribution in [0.1, 0.15) is 88.2 Å². The standard InChI is InChI=1S/C30H32F10/c1-2-3-16-4-6-17(7-5-16)18-8-10-19(11-9-18)20-12-22(31)26(23(32)13-20)21-14-24(33)27(25(34)15-21)29(36,37)28(35)30(38,39)40/h12-19,28H,2-11H2,1H3. The Labute approximate surface area is 227 Å². The second kappa shape index (κ2) is 11.9. The first-order chi connectivity index (χ1) is 18.7. The van der Waals surface area contributed by atoms with Gasteiger partial charge in [-0.2, -0.15) is 22.0 Å². The van der Waals surface area contributed by atoms with Gasteiger partial charge in [0.25, 0.3) is 6.17 Å². The van der Waals surface area contributed by atoms with E-state index in [4.69, 9.17) is 0 Å². The molecule has 10 heteroatoms. The lowest BCUT2D eigenvalue weighted by Crippen LogP contribution is -2.40. The maximum atomic E-state index is 15.1. The Morgan fingerprint density at radius 3 is 1.62 bits per heavy atom. The molecular formula is C30H32F10. The molecule has 0 bridgehead atoms. The lowest BCUT2D eigenvalue weighted by molar-refractivity contribution is -0.249. The molecule has 0 radical (unpaired) electrons. The molecular weight excluding hydrogens is 550 g/mol. The topological polar surface area (TPSA) is 0 Å². The summed E-state index contributed by atoms with van der Waals surface area (Å²) in [5, 5.41) is 0. The number of alkyl halides is 6. The SMILES string of the molecule is CCCC1CCC(C2CCC(c3cc(F)c(-c4cc(F)c(C(F)(F)C(F)C(F)(F)F)c(F)c4)c(F)c3)CC2)CC1. The molecule has 2 aromatic rings. The molecule has 2 aliphatic rings. The molecule has 0 nitrogen and oxygen atoms in total. The van der Waals surface area contributed by atoms with Crippen LogP contribution in [0.3, 0.4) is 0 Å². The van der Waals surface area contributed by atoms with Crippen molar-refractivity contribution in [2.75, 3.05) is 0 Å². The van der Waals surface area contributed by atoms with Gasteiger partial charge in [-0.15, -0.1) is 0 Å². The molecule has 0 amide bonds. The largest absolute Gasteiger partial charge is 0.426 e. The molecule has 0 spiro atoms. The highest BCUT2D eigenvalue weighted by atomic mass is 19.4. The molecule has 0 aromatic heterocycles. The Balaban J connectivity index is 1.49. The first-order valence-electron chi connectivity index (χ1n) is 13.8. The van der Waals surface area contributed by atoms with E-state index >= 15 is 8.78 Å². The number of hydrogen-bond donors (Lipinski definition) is 0. The van der Waals surface area contributed by atoms with Gasteiger partial charge in [0.15, 0.2) is 0 Å². The Bertz CT molecular complexity index is 1130. The minimum Gasteiger partial charge on any atom is -0.230 e. The van der Waals surface area contributed by atoms with Crippen molar-refractivity contribution in [3.8, 4) is 11.1 Å². The summed E-state index contributed by atoms with van der Waals surface area (Å²) in [5.74, 6) is -10.6. The van der Waals surface area contributed by atoms with Crippen molar-refractivity contribution >= 4 is 0 Å². The van der Waals surface area contributed by atoms with Crippen molar-refractivity contribution in [1.82, 2.24) is 0 Å². The molecule has 40 heavy (non-hydrogen) atoms. The van der Waals surface area contributed by atoms with E-state index in [9.17, 15) is 35.1 Å². The van der Waals surface area contributed by atoms with Gasteiger partial charge < -0.3 is 0 Å². The van der Waals surface area contributed by atoms with Crippen LogP contribution < -0.4 is 0 Å². The van der Waals surface area contributed by atoms with Crippen LogP contribution >= 0.6 is 0 Å². The summed E-state index contributed by atoms with van der Waals surface area (Å²) in [6.07, 6.45) is -0.302. The second-order valence-electron chi connectivity index (χ2n) is 11.4. The van der Waals surface area contributed by atoms with E-state index in [1.807, 2.05) is 0 Å². The van der Waals surface area contributed by atoms with Crippen molar-refractivity contribution < 1.29 is 43.9 Å². The molecule has 0 N–H and O–H groups in total. The third kappa shape index (κ3) is 6.30. The summed E-state index contributed by atoms with van der Waals surface area (Å²) in [6.45, 7) is 2.20. The van der Waals surface area contributed by atoms with Crippen molar-refractivity contribution in [1.29, 1.82) is 0 Å². The predicted molar refractivity (Wildman–Crippen MR) is 132 cm³/mol. The monoisotopic (exact) mass is 582 g/mol. The molecule has 2 fully saturated rings. The van der Waals surface area contributed by atoms with Crippen LogP contribution in [0.15, 0.2) is 24.3 Å². The molecule has 222 valence electrons. The van der Waals surface area contributed by atoms with Gasteiger partial charge in [-0.3, -0.25) is 0 Å². The smallest absolute Gasteiger partial charge is 0.230 e. The van der Waals surface area contributed by atoms with Gasteiger partial charge >= 0.3 is 12.1 Å². The predicted octanol–water partition coefficient (Wildman–Crippen LogP) is 10.8. The van der Waals surface area contributed by atoms with Crippen LogP contribution in [0, 0.1) is 41.0 Å². The molecule has 1 unspecified atom stereocenters. The molecule has 1 atom stereocenters. The lowest BCUT2D eigenvalue weighted by Gasteiger charge is -2.38. The van der Waals surface area contributed by atoms with Gasteiger partial charge in [-0.1, -0.05) is 32.6 Å². The zero-order valence-electron chi connectivity index (χ0n) is 22.0. The summed E-state index contributed by atoms with van der Waals surface area (Å²) < 4.78 is 138. The molecule has 4 rings (SSSR count). The summed E-state index contributed by atoms with van der Waals surface area (Å²) in [7, 11) is 0. The fraction of sp³-hybridized carbons (Fsp3) is 0.600. The molecule has 2 aromatic carbocycles. The normalized spacial score (nSPS) is 25.2. The summed E-state index contributed by atoms with van der Waals surface area (Å²) in [6, 6.07) is 2.24. The maximum absolute atomic E-state index is 15.1. The average molecular weight is 583 g/mol. The van der Waals surface area contributed by atoms with Crippen LogP contribution in [0.2, 0.25) is 0 Å². The maximum Gasteiger partial charge on any atom is 0.426 e. The minimum atomic E-state index is -6.09. The second-order valence-corrected chi connectivity index (χ2v) is 11.4. The van der Waals surface area contributed by atoms with E-state index in [-0.39, 0.29) is 18.1 Å². The average Bonchev–Trinajstić information content (AvgIpc) is 2.87. The molecule has 2 saturated carbocycles. The number of hydrogen-bond acceptors (Lipinski definition) is 0. The molecule has 0 heterocycles. The minimum absolute atomic E-state index is 0.0804. The number of rotatable bonds is 7. The fourth-order valence-electron chi connectivity index (χ4n) is 6.75. The van der Waals surface area contributed by atoms with Gasteiger partial charge in [0.05, 0.1) is 11.1 Å². The molecule has 0 saturated heterocycles.